The summed E-state index contributed by atoms with van der Waals surface area (Å²) in [6, 6.07) is 0. The minimum absolute atomic E-state index is 0.423. The maximum Gasteiger partial charge on any atom is 0.146 e. The van der Waals surface area contributed by atoms with Gasteiger partial charge in [0.2, 0.25) is 0 Å². The third-order valence-corrected chi connectivity index (χ3v) is 2.99. The Hall–Kier alpha value is -0.900. The summed E-state index contributed by atoms with van der Waals surface area (Å²) in [4.78, 5) is 0. The molecule has 0 saturated carbocycles. The number of hydrogen-bond acceptors (Lipinski definition) is 3. The Labute approximate surface area is 98.2 Å². The van der Waals surface area contributed by atoms with Crippen LogP contribution in [0.15, 0.2) is 0 Å². The molecule has 0 fully saturated rings. The summed E-state index contributed by atoms with van der Waals surface area (Å²) in [5, 5.41) is 8.47. The quantitative estimate of drug-likeness (QED) is 0.833. The second kappa shape index (κ2) is 5.43. The summed E-state index contributed by atoms with van der Waals surface area (Å²) in [5.41, 5.74) is 5.69. The van der Waals surface area contributed by atoms with E-state index in [1.807, 2.05) is 0 Å². The average molecular weight is 224 g/mol. The fourth-order valence-corrected chi connectivity index (χ4v) is 1.70. The number of hydrogen-bond donors (Lipinski definition) is 1. The standard InChI is InChI=1S/C12H24N4/c1-8(2)7-16-11(6-13)14-15-12(16)10(5)9(3)4/h8-10H,6-7,13H2,1-5H3. The summed E-state index contributed by atoms with van der Waals surface area (Å²) in [6.45, 7) is 12.4. The monoisotopic (exact) mass is 224 g/mol. The zero-order valence-electron chi connectivity index (χ0n) is 11.1. The number of aromatic nitrogens is 3. The van der Waals surface area contributed by atoms with E-state index in [1.165, 1.54) is 0 Å². The largest absolute Gasteiger partial charge is 0.324 e. The van der Waals surface area contributed by atoms with Crippen LogP contribution in [-0.4, -0.2) is 14.8 Å². The molecule has 4 heteroatoms. The van der Waals surface area contributed by atoms with Crippen molar-refractivity contribution < 1.29 is 0 Å². The van der Waals surface area contributed by atoms with Gasteiger partial charge in [0.25, 0.3) is 0 Å². The van der Waals surface area contributed by atoms with Crippen LogP contribution in [0.25, 0.3) is 0 Å². The minimum atomic E-state index is 0.423. The van der Waals surface area contributed by atoms with Crippen molar-refractivity contribution in [3.63, 3.8) is 0 Å². The number of rotatable bonds is 5. The van der Waals surface area contributed by atoms with E-state index < -0.39 is 0 Å². The Morgan fingerprint density at radius 3 is 2.19 bits per heavy atom. The second-order valence-electron chi connectivity index (χ2n) is 5.22. The van der Waals surface area contributed by atoms with E-state index in [9.17, 15) is 0 Å². The highest BCUT2D eigenvalue weighted by Crippen LogP contribution is 2.23. The highest BCUT2D eigenvalue weighted by molar-refractivity contribution is 5.02. The molecule has 92 valence electrons. The molecule has 0 aliphatic carbocycles. The summed E-state index contributed by atoms with van der Waals surface area (Å²) < 4.78 is 2.19. The molecule has 2 N–H and O–H groups in total. The van der Waals surface area contributed by atoms with Crippen LogP contribution in [0.5, 0.6) is 0 Å². The second-order valence-corrected chi connectivity index (χ2v) is 5.22. The molecule has 0 bridgehead atoms. The fraction of sp³-hybridized carbons (Fsp3) is 0.833. The van der Waals surface area contributed by atoms with Crippen LogP contribution in [0.4, 0.5) is 0 Å². The van der Waals surface area contributed by atoms with Gasteiger partial charge in [0.05, 0.1) is 6.54 Å². The molecule has 0 aromatic carbocycles. The van der Waals surface area contributed by atoms with Crippen molar-refractivity contribution in [3.05, 3.63) is 11.6 Å². The van der Waals surface area contributed by atoms with Crippen molar-refractivity contribution in [3.8, 4) is 0 Å². The molecule has 1 rings (SSSR count). The first-order chi connectivity index (χ1) is 7.47. The van der Waals surface area contributed by atoms with Gasteiger partial charge in [-0.15, -0.1) is 10.2 Å². The van der Waals surface area contributed by atoms with Crippen molar-refractivity contribution >= 4 is 0 Å². The molecule has 0 aliphatic heterocycles. The highest BCUT2D eigenvalue weighted by atomic mass is 15.3. The van der Waals surface area contributed by atoms with E-state index >= 15 is 0 Å². The van der Waals surface area contributed by atoms with Crippen molar-refractivity contribution in [2.45, 2.75) is 53.6 Å². The Bertz CT molecular complexity index is 328. The summed E-state index contributed by atoms with van der Waals surface area (Å²) in [6.07, 6.45) is 0. The lowest BCUT2D eigenvalue weighted by molar-refractivity contribution is 0.442. The van der Waals surface area contributed by atoms with Crippen molar-refractivity contribution in [1.29, 1.82) is 0 Å². The van der Waals surface area contributed by atoms with Gasteiger partial charge in [-0.05, 0) is 11.8 Å². The Morgan fingerprint density at radius 1 is 1.12 bits per heavy atom. The molecule has 0 radical (unpaired) electrons. The molecule has 1 atom stereocenters. The van der Waals surface area contributed by atoms with E-state index in [0.717, 1.165) is 18.2 Å². The first-order valence-corrected chi connectivity index (χ1v) is 6.09. The molecule has 1 aromatic rings. The molecule has 1 heterocycles. The third-order valence-electron chi connectivity index (χ3n) is 2.99. The van der Waals surface area contributed by atoms with Gasteiger partial charge < -0.3 is 10.3 Å². The molecule has 1 aromatic heterocycles. The van der Waals surface area contributed by atoms with E-state index in [0.29, 0.717) is 24.3 Å². The van der Waals surface area contributed by atoms with Crippen LogP contribution in [-0.2, 0) is 13.1 Å². The third kappa shape index (κ3) is 2.82. The zero-order valence-corrected chi connectivity index (χ0v) is 11.1. The predicted molar refractivity (Wildman–Crippen MR) is 66.0 cm³/mol. The van der Waals surface area contributed by atoms with Gasteiger partial charge in [-0.25, -0.2) is 0 Å². The molecule has 0 saturated heterocycles. The zero-order chi connectivity index (χ0) is 12.3. The van der Waals surface area contributed by atoms with Crippen LogP contribution < -0.4 is 5.73 Å². The average Bonchev–Trinajstić information content (AvgIpc) is 2.58. The Balaban J connectivity index is 3.04. The SMILES string of the molecule is CC(C)Cn1c(CN)nnc1C(C)C(C)C. The lowest BCUT2D eigenvalue weighted by Crippen LogP contribution is -2.17. The van der Waals surface area contributed by atoms with Crippen LogP contribution in [0.2, 0.25) is 0 Å². The molecular weight excluding hydrogens is 200 g/mol. The van der Waals surface area contributed by atoms with Crippen molar-refractivity contribution in [2.75, 3.05) is 0 Å². The van der Waals surface area contributed by atoms with Crippen molar-refractivity contribution in [1.82, 2.24) is 14.8 Å². The Morgan fingerprint density at radius 2 is 1.75 bits per heavy atom. The van der Waals surface area contributed by atoms with E-state index in [4.69, 9.17) is 5.73 Å². The van der Waals surface area contributed by atoms with Crippen LogP contribution in [0.3, 0.4) is 0 Å². The van der Waals surface area contributed by atoms with Crippen LogP contribution in [0, 0.1) is 11.8 Å². The number of nitrogens with two attached hydrogens (primary N) is 1. The van der Waals surface area contributed by atoms with Gasteiger partial charge in [0, 0.05) is 12.5 Å². The summed E-state index contributed by atoms with van der Waals surface area (Å²) in [5.74, 6) is 3.55. The lowest BCUT2D eigenvalue weighted by Gasteiger charge is -2.18. The Kier molecular flexibility index (Phi) is 4.47. The first-order valence-electron chi connectivity index (χ1n) is 6.09. The maximum absolute atomic E-state index is 5.69. The van der Waals surface area contributed by atoms with Crippen LogP contribution in [0.1, 0.15) is 52.2 Å². The van der Waals surface area contributed by atoms with Crippen LogP contribution >= 0.6 is 0 Å². The predicted octanol–water partition coefficient (Wildman–Crippen LogP) is 2.15. The first kappa shape index (κ1) is 13.2. The van der Waals surface area contributed by atoms with E-state index in [-0.39, 0.29) is 0 Å². The smallest absolute Gasteiger partial charge is 0.146 e. The molecule has 0 aliphatic rings. The summed E-state index contributed by atoms with van der Waals surface area (Å²) in [7, 11) is 0. The van der Waals surface area contributed by atoms with Gasteiger partial charge in [0.15, 0.2) is 0 Å². The van der Waals surface area contributed by atoms with E-state index in [2.05, 4.69) is 49.4 Å². The normalized spacial score (nSPS) is 13.8. The molecule has 4 nitrogen and oxygen atoms in total. The molecule has 16 heavy (non-hydrogen) atoms. The summed E-state index contributed by atoms with van der Waals surface area (Å²) >= 11 is 0. The molecular formula is C12H24N4. The van der Waals surface area contributed by atoms with Gasteiger partial charge in [-0.3, -0.25) is 0 Å². The highest BCUT2D eigenvalue weighted by Gasteiger charge is 2.19. The van der Waals surface area contributed by atoms with E-state index in [1.54, 1.807) is 0 Å². The molecule has 1 unspecified atom stereocenters. The van der Waals surface area contributed by atoms with Crippen molar-refractivity contribution in [2.24, 2.45) is 17.6 Å². The maximum atomic E-state index is 5.69. The van der Waals surface area contributed by atoms with Gasteiger partial charge in [-0.1, -0.05) is 34.6 Å². The van der Waals surface area contributed by atoms with Gasteiger partial charge in [0.1, 0.15) is 11.6 Å². The lowest BCUT2D eigenvalue weighted by atomic mass is 9.97. The molecule has 0 spiro atoms. The minimum Gasteiger partial charge on any atom is -0.324 e. The van der Waals surface area contributed by atoms with Gasteiger partial charge >= 0.3 is 0 Å². The topological polar surface area (TPSA) is 56.7 Å². The fourth-order valence-electron chi connectivity index (χ4n) is 1.70. The molecule has 0 amide bonds. The number of nitrogens with zero attached hydrogens (tertiary/aromatic N) is 3. The van der Waals surface area contributed by atoms with Gasteiger partial charge in [-0.2, -0.15) is 0 Å².